The summed E-state index contributed by atoms with van der Waals surface area (Å²) in [5.41, 5.74) is 3.95. The predicted molar refractivity (Wildman–Crippen MR) is 104 cm³/mol. The third-order valence-electron chi connectivity index (χ3n) is 4.48. The molecular weight excluding hydrogens is 358 g/mol. The minimum Gasteiger partial charge on any atom is -0.493 e. The van der Waals surface area contributed by atoms with Crippen LogP contribution >= 0.6 is 0 Å². The van der Waals surface area contributed by atoms with Crippen molar-refractivity contribution in [2.45, 2.75) is 20.3 Å². The fourth-order valence-corrected chi connectivity index (χ4v) is 3.05. The lowest BCUT2D eigenvalue weighted by atomic mass is 10.0. The second kappa shape index (κ2) is 7.19. The number of hydrogen-bond donors (Lipinski definition) is 1. The minimum absolute atomic E-state index is 0.0252. The van der Waals surface area contributed by atoms with Crippen molar-refractivity contribution >= 4 is 22.9 Å². The quantitative estimate of drug-likeness (QED) is 0.558. The molecule has 1 N–H and O–H groups in total. The van der Waals surface area contributed by atoms with Gasteiger partial charge in [-0.2, -0.15) is 0 Å². The Morgan fingerprint density at radius 3 is 2.75 bits per heavy atom. The summed E-state index contributed by atoms with van der Waals surface area (Å²) < 4.78 is 16.4. The molecule has 0 atom stereocenters. The third-order valence-corrected chi connectivity index (χ3v) is 4.48. The van der Waals surface area contributed by atoms with Gasteiger partial charge < -0.3 is 13.6 Å². The van der Waals surface area contributed by atoms with Crippen molar-refractivity contribution in [1.82, 2.24) is 10.2 Å². The lowest BCUT2D eigenvalue weighted by Crippen LogP contribution is -2.11. The molecule has 0 unspecified atom stereocenters. The number of rotatable bonds is 5. The summed E-state index contributed by atoms with van der Waals surface area (Å²) in [5.74, 6) is 0.646. The van der Waals surface area contributed by atoms with Gasteiger partial charge in [-0.15, -0.1) is 5.10 Å². The van der Waals surface area contributed by atoms with Gasteiger partial charge in [-0.05, 0) is 37.1 Å². The maximum atomic E-state index is 12.5. The molecule has 1 amide bonds. The number of benzene rings is 2. The van der Waals surface area contributed by atoms with Gasteiger partial charge in [0.2, 0.25) is 5.89 Å². The number of methoxy groups -OCH3 is 1. The summed E-state index contributed by atoms with van der Waals surface area (Å²) in [5, 5.41) is 11.2. The molecule has 0 aliphatic carbocycles. The van der Waals surface area contributed by atoms with E-state index in [0.29, 0.717) is 23.6 Å². The molecule has 7 nitrogen and oxygen atoms in total. The van der Waals surface area contributed by atoms with Gasteiger partial charge in [0.05, 0.1) is 13.5 Å². The number of para-hydroxylation sites is 1. The van der Waals surface area contributed by atoms with E-state index in [1.54, 1.807) is 19.2 Å². The maximum Gasteiger partial charge on any atom is 0.322 e. The van der Waals surface area contributed by atoms with Crippen molar-refractivity contribution in [2.24, 2.45) is 0 Å². The van der Waals surface area contributed by atoms with E-state index in [1.807, 2.05) is 38.1 Å². The van der Waals surface area contributed by atoms with Crippen molar-refractivity contribution in [3.63, 3.8) is 0 Å². The topological polar surface area (TPSA) is 90.4 Å². The molecule has 2 aromatic heterocycles. The molecule has 2 heterocycles. The Balaban J connectivity index is 1.50. The first-order valence-corrected chi connectivity index (χ1v) is 8.80. The summed E-state index contributed by atoms with van der Waals surface area (Å²) in [6.07, 6.45) is 0.497. The molecule has 142 valence electrons. The van der Waals surface area contributed by atoms with Crippen LogP contribution in [0.2, 0.25) is 0 Å². The SMILES string of the molecule is COc1cccc2cc(C(=O)Nc3nnc(Cc4ccc(C)cc4C)o3)oc12. The average molecular weight is 377 g/mol. The highest BCUT2D eigenvalue weighted by Crippen LogP contribution is 2.28. The first kappa shape index (κ1) is 17.8. The van der Waals surface area contributed by atoms with Gasteiger partial charge in [0, 0.05) is 5.39 Å². The van der Waals surface area contributed by atoms with Crippen LogP contribution in [0.3, 0.4) is 0 Å². The second-order valence-corrected chi connectivity index (χ2v) is 6.55. The smallest absolute Gasteiger partial charge is 0.322 e. The fraction of sp³-hybridized carbons (Fsp3) is 0.190. The summed E-state index contributed by atoms with van der Waals surface area (Å²) in [7, 11) is 1.55. The van der Waals surface area contributed by atoms with Crippen LogP contribution in [0.15, 0.2) is 51.3 Å². The molecule has 0 spiro atoms. The molecule has 0 saturated heterocycles. The molecular formula is C21H19N3O4. The number of ether oxygens (including phenoxy) is 1. The van der Waals surface area contributed by atoms with E-state index in [2.05, 4.69) is 21.6 Å². The number of aryl methyl sites for hydroxylation is 2. The number of anilines is 1. The zero-order valence-electron chi connectivity index (χ0n) is 15.8. The van der Waals surface area contributed by atoms with Crippen LogP contribution in [-0.2, 0) is 6.42 Å². The normalized spacial score (nSPS) is 11.0. The highest BCUT2D eigenvalue weighted by Gasteiger charge is 2.17. The van der Waals surface area contributed by atoms with Crippen LogP contribution in [0, 0.1) is 13.8 Å². The zero-order chi connectivity index (χ0) is 19.7. The Morgan fingerprint density at radius 1 is 1.11 bits per heavy atom. The van der Waals surface area contributed by atoms with Gasteiger partial charge in [-0.3, -0.25) is 10.1 Å². The van der Waals surface area contributed by atoms with Crippen LogP contribution < -0.4 is 10.1 Å². The molecule has 0 bridgehead atoms. The van der Waals surface area contributed by atoms with E-state index in [9.17, 15) is 4.79 Å². The lowest BCUT2D eigenvalue weighted by molar-refractivity contribution is 0.0995. The molecule has 0 aliphatic heterocycles. The fourth-order valence-electron chi connectivity index (χ4n) is 3.05. The van der Waals surface area contributed by atoms with E-state index in [-0.39, 0.29) is 11.8 Å². The molecule has 0 aliphatic rings. The number of fused-ring (bicyclic) bond motifs is 1. The van der Waals surface area contributed by atoms with Crippen molar-refractivity contribution in [2.75, 3.05) is 12.4 Å². The average Bonchev–Trinajstić information content (AvgIpc) is 3.30. The largest absolute Gasteiger partial charge is 0.493 e. The van der Waals surface area contributed by atoms with E-state index >= 15 is 0 Å². The molecule has 4 aromatic rings. The number of nitrogens with zero attached hydrogens (tertiary/aromatic N) is 2. The Morgan fingerprint density at radius 2 is 1.96 bits per heavy atom. The molecule has 0 fully saturated rings. The molecule has 4 rings (SSSR count). The molecule has 2 aromatic carbocycles. The van der Waals surface area contributed by atoms with Gasteiger partial charge in [0.15, 0.2) is 17.1 Å². The molecule has 0 saturated carbocycles. The number of carbonyl (C=O) groups excluding carboxylic acids is 1. The monoisotopic (exact) mass is 377 g/mol. The van der Waals surface area contributed by atoms with Crippen LogP contribution in [0.25, 0.3) is 11.0 Å². The predicted octanol–water partition coefficient (Wildman–Crippen LogP) is 4.28. The van der Waals surface area contributed by atoms with E-state index in [0.717, 1.165) is 16.5 Å². The van der Waals surface area contributed by atoms with Gasteiger partial charge in [0.1, 0.15) is 0 Å². The van der Waals surface area contributed by atoms with E-state index in [4.69, 9.17) is 13.6 Å². The third kappa shape index (κ3) is 3.46. The molecule has 28 heavy (non-hydrogen) atoms. The van der Waals surface area contributed by atoms with Crippen LogP contribution in [0.5, 0.6) is 5.75 Å². The number of furan rings is 1. The van der Waals surface area contributed by atoms with Gasteiger partial charge in [-0.1, -0.05) is 41.0 Å². The highest BCUT2D eigenvalue weighted by molar-refractivity contribution is 6.04. The molecule has 7 heteroatoms. The Labute approximate surface area is 161 Å². The first-order chi connectivity index (χ1) is 13.5. The number of hydrogen-bond acceptors (Lipinski definition) is 6. The maximum absolute atomic E-state index is 12.5. The van der Waals surface area contributed by atoms with Crippen molar-refractivity contribution in [1.29, 1.82) is 0 Å². The van der Waals surface area contributed by atoms with Gasteiger partial charge in [0.25, 0.3) is 5.91 Å². The summed E-state index contributed by atoms with van der Waals surface area (Å²) >= 11 is 0. The first-order valence-electron chi connectivity index (χ1n) is 8.80. The highest BCUT2D eigenvalue weighted by atomic mass is 16.5. The standard InChI is InChI=1S/C21H19N3O4/c1-12-7-8-14(13(2)9-12)11-18-23-24-21(28-18)22-20(25)17-10-15-5-4-6-16(26-3)19(15)27-17/h4-10H,11H2,1-3H3,(H,22,24,25). The van der Waals surface area contributed by atoms with Gasteiger partial charge >= 0.3 is 6.01 Å². The van der Waals surface area contributed by atoms with Crippen LogP contribution in [0.4, 0.5) is 6.01 Å². The molecule has 0 radical (unpaired) electrons. The summed E-state index contributed by atoms with van der Waals surface area (Å²) in [6.45, 7) is 4.09. The number of aromatic nitrogens is 2. The van der Waals surface area contributed by atoms with Crippen molar-refractivity contribution < 1.29 is 18.4 Å². The Bertz CT molecular complexity index is 1160. The minimum atomic E-state index is -0.472. The van der Waals surface area contributed by atoms with Crippen molar-refractivity contribution in [3.05, 3.63) is 70.8 Å². The van der Waals surface area contributed by atoms with Crippen molar-refractivity contribution in [3.8, 4) is 5.75 Å². The summed E-state index contributed by atoms with van der Waals surface area (Å²) in [4.78, 5) is 12.5. The van der Waals surface area contributed by atoms with Gasteiger partial charge in [-0.25, -0.2) is 0 Å². The number of amides is 1. The van der Waals surface area contributed by atoms with Crippen LogP contribution in [-0.4, -0.2) is 23.2 Å². The van der Waals surface area contributed by atoms with E-state index < -0.39 is 5.91 Å². The number of carbonyl (C=O) groups is 1. The zero-order valence-corrected chi connectivity index (χ0v) is 15.8. The number of nitrogens with one attached hydrogen (secondary N) is 1. The van der Waals surface area contributed by atoms with Crippen LogP contribution in [0.1, 0.15) is 33.1 Å². The lowest BCUT2D eigenvalue weighted by Gasteiger charge is -2.03. The Kier molecular flexibility index (Phi) is 4.57. The van der Waals surface area contributed by atoms with E-state index in [1.165, 1.54) is 5.56 Å². The second-order valence-electron chi connectivity index (χ2n) is 6.55. The summed E-state index contributed by atoms with van der Waals surface area (Å²) in [6, 6.07) is 13.3. The Hall–Kier alpha value is -3.61.